The van der Waals surface area contributed by atoms with E-state index >= 15 is 0 Å². The largest absolute Gasteiger partial charge is 0.611 e. The summed E-state index contributed by atoms with van der Waals surface area (Å²) in [5, 5.41) is 0. The van der Waals surface area contributed by atoms with E-state index in [2.05, 4.69) is 4.98 Å². The molecule has 1 aliphatic heterocycles. The minimum absolute atomic E-state index is 0.756. The van der Waals surface area contributed by atoms with Crippen LogP contribution in [-0.2, 0) is 17.6 Å². The highest BCUT2D eigenvalue weighted by Gasteiger charge is 2.24. The number of pyridine rings is 1. The maximum absolute atomic E-state index is 11.1. The number of aromatic nitrogens is 1. The Labute approximate surface area is 62.5 Å². The summed E-state index contributed by atoms with van der Waals surface area (Å²) in [4.78, 5) is 5.05. The van der Waals surface area contributed by atoms with E-state index < -0.39 is 11.2 Å². The molecular weight excluding hydrogens is 146 g/mol. The highest BCUT2D eigenvalue weighted by Crippen LogP contribution is 2.22. The highest BCUT2D eigenvalue weighted by atomic mass is 32.2. The molecule has 0 saturated heterocycles. The number of fused-ring (bicyclic) bond motifs is 1. The van der Waals surface area contributed by atoms with Gasteiger partial charge in [0, 0.05) is 12.6 Å². The van der Waals surface area contributed by atoms with Crippen molar-refractivity contribution in [1.29, 1.82) is 0 Å². The summed E-state index contributed by atoms with van der Waals surface area (Å²) in [7, 11) is 0. The highest BCUT2D eigenvalue weighted by molar-refractivity contribution is 7.91. The molecular formula is C7H7NOS. The molecule has 0 fully saturated rings. The van der Waals surface area contributed by atoms with Crippen molar-refractivity contribution in [3.05, 3.63) is 24.0 Å². The second kappa shape index (κ2) is 2.25. The maximum atomic E-state index is 11.1. The molecule has 2 heterocycles. The molecule has 0 N–H and O–H groups in total. The Balaban J connectivity index is 2.51. The normalized spacial score (nSPS) is 22.7. The van der Waals surface area contributed by atoms with Crippen LogP contribution in [0.4, 0.5) is 0 Å². The van der Waals surface area contributed by atoms with Gasteiger partial charge in [-0.1, -0.05) is 0 Å². The Hall–Kier alpha value is -0.540. The minimum atomic E-state index is -0.760. The molecule has 0 aliphatic carbocycles. The van der Waals surface area contributed by atoms with Gasteiger partial charge < -0.3 is 4.55 Å². The first-order valence-corrected chi connectivity index (χ1v) is 4.52. The molecule has 1 atom stereocenters. The molecule has 1 unspecified atom stereocenters. The lowest BCUT2D eigenvalue weighted by Crippen LogP contribution is -1.98. The Bertz CT molecular complexity index is 251. The van der Waals surface area contributed by atoms with Crippen LogP contribution in [0.25, 0.3) is 0 Å². The molecule has 0 saturated carbocycles. The van der Waals surface area contributed by atoms with Gasteiger partial charge in [-0.2, -0.15) is 0 Å². The minimum Gasteiger partial charge on any atom is -0.611 e. The number of nitrogens with zero attached hydrogens (tertiary/aromatic N) is 1. The predicted octanol–water partition coefficient (Wildman–Crippen LogP) is 0.745. The van der Waals surface area contributed by atoms with Crippen LogP contribution in [-0.4, -0.2) is 15.3 Å². The molecule has 1 aromatic heterocycles. The van der Waals surface area contributed by atoms with E-state index in [0.29, 0.717) is 0 Å². The Kier molecular flexibility index (Phi) is 1.39. The third kappa shape index (κ3) is 0.822. The van der Waals surface area contributed by atoms with Crippen molar-refractivity contribution in [2.45, 2.75) is 11.3 Å². The zero-order chi connectivity index (χ0) is 6.97. The van der Waals surface area contributed by atoms with Gasteiger partial charge in [-0.15, -0.1) is 0 Å². The van der Waals surface area contributed by atoms with Gasteiger partial charge in [0.15, 0.2) is 4.90 Å². The average Bonchev–Trinajstić information content (AvgIpc) is 2.34. The van der Waals surface area contributed by atoms with Gasteiger partial charge in [0.25, 0.3) is 0 Å². The molecule has 0 spiro atoms. The predicted molar refractivity (Wildman–Crippen MR) is 39.2 cm³/mol. The summed E-state index contributed by atoms with van der Waals surface area (Å²) < 4.78 is 11.1. The third-order valence-electron chi connectivity index (χ3n) is 1.62. The van der Waals surface area contributed by atoms with Crippen LogP contribution in [0.15, 0.2) is 23.2 Å². The van der Waals surface area contributed by atoms with Crippen LogP contribution in [0, 0.1) is 0 Å². The van der Waals surface area contributed by atoms with Gasteiger partial charge in [-0.3, -0.25) is 4.98 Å². The van der Waals surface area contributed by atoms with Crippen molar-refractivity contribution >= 4 is 11.2 Å². The molecule has 0 bridgehead atoms. The molecule has 0 radical (unpaired) electrons. The van der Waals surface area contributed by atoms with E-state index in [1.807, 2.05) is 12.1 Å². The van der Waals surface area contributed by atoms with Crippen LogP contribution in [0.1, 0.15) is 5.69 Å². The quantitative estimate of drug-likeness (QED) is 0.515. The van der Waals surface area contributed by atoms with E-state index in [4.69, 9.17) is 0 Å². The molecule has 10 heavy (non-hydrogen) atoms. The average molecular weight is 153 g/mol. The van der Waals surface area contributed by atoms with Crippen molar-refractivity contribution in [3.8, 4) is 0 Å². The van der Waals surface area contributed by atoms with Gasteiger partial charge in [0.1, 0.15) is 5.75 Å². The molecule has 1 aromatic rings. The number of aryl methyl sites for hydroxylation is 1. The first kappa shape index (κ1) is 6.19. The number of rotatable bonds is 0. The summed E-state index contributed by atoms with van der Waals surface area (Å²) in [6.45, 7) is 0. The van der Waals surface area contributed by atoms with E-state index in [0.717, 1.165) is 22.8 Å². The lowest BCUT2D eigenvalue weighted by atomic mass is 10.3. The van der Waals surface area contributed by atoms with Crippen molar-refractivity contribution in [1.82, 2.24) is 4.98 Å². The van der Waals surface area contributed by atoms with E-state index in [1.165, 1.54) is 0 Å². The van der Waals surface area contributed by atoms with Crippen LogP contribution < -0.4 is 0 Å². The first-order valence-electron chi connectivity index (χ1n) is 3.20. The van der Waals surface area contributed by atoms with Gasteiger partial charge in [0.2, 0.25) is 0 Å². The fraction of sp³-hybridized carbons (Fsp3) is 0.286. The monoisotopic (exact) mass is 153 g/mol. The fourth-order valence-corrected chi connectivity index (χ4v) is 2.36. The summed E-state index contributed by atoms with van der Waals surface area (Å²) in [6.07, 6.45) is 2.63. The summed E-state index contributed by atoms with van der Waals surface area (Å²) in [5.74, 6) is 0.756. The van der Waals surface area contributed by atoms with Crippen LogP contribution >= 0.6 is 0 Å². The van der Waals surface area contributed by atoms with Crippen molar-refractivity contribution < 1.29 is 4.55 Å². The Morgan fingerprint density at radius 1 is 1.60 bits per heavy atom. The SMILES string of the molecule is [O-][S+]1CCc2ncccc21. The Morgan fingerprint density at radius 2 is 2.50 bits per heavy atom. The second-order valence-electron chi connectivity index (χ2n) is 2.25. The number of hydrogen-bond acceptors (Lipinski definition) is 2. The van der Waals surface area contributed by atoms with Crippen LogP contribution in [0.3, 0.4) is 0 Å². The Morgan fingerprint density at radius 3 is 3.30 bits per heavy atom. The van der Waals surface area contributed by atoms with Gasteiger partial charge >= 0.3 is 0 Å². The van der Waals surface area contributed by atoms with Crippen molar-refractivity contribution in [3.63, 3.8) is 0 Å². The van der Waals surface area contributed by atoms with Crippen LogP contribution in [0.5, 0.6) is 0 Å². The second-order valence-corrected chi connectivity index (χ2v) is 3.79. The van der Waals surface area contributed by atoms with E-state index in [9.17, 15) is 4.55 Å². The van der Waals surface area contributed by atoms with E-state index in [1.54, 1.807) is 6.20 Å². The van der Waals surface area contributed by atoms with E-state index in [-0.39, 0.29) is 0 Å². The molecule has 1 aliphatic rings. The fourth-order valence-electron chi connectivity index (χ4n) is 1.12. The van der Waals surface area contributed by atoms with Gasteiger partial charge in [-0.25, -0.2) is 0 Å². The zero-order valence-electron chi connectivity index (χ0n) is 5.41. The molecule has 52 valence electrons. The zero-order valence-corrected chi connectivity index (χ0v) is 6.23. The molecule has 2 nitrogen and oxygen atoms in total. The topological polar surface area (TPSA) is 36.0 Å². The standard InChI is InChI=1S/C7H7NOS/c9-10-5-3-6-7(10)2-1-4-8-6/h1-2,4H,3,5H2. The molecule has 3 heteroatoms. The lowest BCUT2D eigenvalue weighted by molar-refractivity contribution is 0.599. The van der Waals surface area contributed by atoms with Gasteiger partial charge in [-0.05, 0) is 23.3 Å². The van der Waals surface area contributed by atoms with Crippen LogP contribution in [0.2, 0.25) is 0 Å². The molecule has 0 aromatic carbocycles. The smallest absolute Gasteiger partial charge is 0.174 e. The summed E-state index contributed by atoms with van der Waals surface area (Å²) in [5.41, 5.74) is 1.01. The van der Waals surface area contributed by atoms with Gasteiger partial charge in [0.05, 0.1) is 5.69 Å². The number of hydrogen-bond donors (Lipinski definition) is 0. The third-order valence-corrected chi connectivity index (χ3v) is 3.06. The van der Waals surface area contributed by atoms with Crippen molar-refractivity contribution in [2.75, 3.05) is 5.75 Å². The molecule has 2 rings (SSSR count). The lowest BCUT2D eigenvalue weighted by Gasteiger charge is -2.00. The maximum Gasteiger partial charge on any atom is 0.174 e. The molecule has 0 amide bonds. The van der Waals surface area contributed by atoms with Crippen molar-refractivity contribution in [2.24, 2.45) is 0 Å². The summed E-state index contributed by atoms with van der Waals surface area (Å²) in [6, 6.07) is 3.73. The first-order chi connectivity index (χ1) is 4.88. The summed E-state index contributed by atoms with van der Waals surface area (Å²) >= 11 is -0.760.